The van der Waals surface area contributed by atoms with Gasteiger partial charge in [0.25, 0.3) is 5.91 Å². The summed E-state index contributed by atoms with van der Waals surface area (Å²) in [5.41, 5.74) is 1.26. The molecule has 0 bridgehead atoms. The van der Waals surface area contributed by atoms with Crippen molar-refractivity contribution < 1.29 is 9.21 Å². The SMILES string of the molecule is O=C(c1cnco1)N1CCC(Cc2ccc(Cl)cc2)C1. The lowest BCUT2D eigenvalue weighted by molar-refractivity contribution is 0.0755. The zero-order valence-corrected chi connectivity index (χ0v) is 11.7. The van der Waals surface area contributed by atoms with Crippen LogP contribution in [0.5, 0.6) is 0 Å². The Morgan fingerprint density at radius 3 is 2.90 bits per heavy atom. The molecule has 1 aliphatic heterocycles. The number of nitrogens with zero attached hydrogens (tertiary/aromatic N) is 2. The van der Waals surface area contributed by atoms with Gasteiger partial charge in [0.15, 0.2) is 6.39 Å². The smallest absolute Gasteiger partial charge is 0.291 e. The summed E-state index contributed by atoms with van der Waals surface area (Å²) in [7, 11) is 0. The van der Waals surface area contributed by atoms with E-state index in [1.807, 2.05) is 29.2 Å². The van der Waals surface area contributed by atoms with Crippen molar-refractivity contribution >= 4 is 17.5 Å². The molecular weight excluding hydrogens is 276 g/mol. The second-order valence-electron chi connectivity index (χ2n) is 5.10. The normalized spacial score (nSPS) is 18.4. The van der Waals surface area contributed by atoms with Crippen molar-refractivity contribution in [3.05, 3.63) is 53.2 Å². The van der Waals surface area contributed by atoms with Crippen LogP contribution in [0, 0.1) is 5.92 Å². The van der Waals surface area contributed by atoms with E-state index < -0.39 is 0 Å². The maximum absolute atomic E-state index is 12.1. The van der Waals surface area contributed by atoms with E-state index in [4.69, 9.17) is 16.0 Å². The second kappa shape index (κ2) is 5.67. The zero-order valence-electron chi connectivity index (χ0n) is 11.0. The van der Waals surface area contributed by atoms with Crippen LogP contribution in [-0.2, 0) is 6.42 Å². The third-order valence-electron chi connectivity index (χ3n) is 3.65. The molecule has 1 fully saturated rings. The maximum atomic E-state index is 12.1. The van der Waals surface area contributed by atoms with Gasteiger partial charge in [0, 0.05) is 18.1 Å². The van der Waals surface area contributed by atoms with Gasteiger partial charge in [-0.2, -0.15) is 0 Å². The number of aromatic nitrogens is 1. The van der Waals surface area contributed by atoms with Gasteiger partial charge in [-0.3, -0.25) is 4.79 Å². The number of oxazole rings is 1. The van der Waals surface area contributed by atoms with Crippen molar-refractivity contribution in [3.8, 4) is 0 Å². The summed E-state index contributed by atoms with van der Waals surface area (Å²) in [5, 5.41) is 0.752. The highest BCUT2D eigenvalue weighted by Gasteiger charge is 2.28. The van der Waals surface area contributed by atoms with Crippen LogP contribution in [0.25, 0.3) is 0 Å². The monoisotopic (exact) mass is 290 g/mol. The van der Waals surface area contributed by atoms with E-state index in [0.717, 1.165) is 31.0 Å². The lowest BCUT2D eigenvalue weighted by Crippen LogP contribution is -2.28. The van der Waals surface area contributed by atoms with Gasteiger partial charge in [-0.25, -0.2) is 4.98 Å². The Kier molecular flexibility index (Phi) is 3.74. The number of amides is 1. The summed E-state index contributed by atoms with van der Waals surface area (Å²) >= 11 is 5.88. The number of likely N-dealkylation sites (tertiary alicyclic amines) is 1. The van der Waals surface area contributed by atoms with Crippen molar-refractivity contribution in [2.24, 2.45) is 5.92 Å². The molecule has 1 unspecified atom stereocenters. The van der Waals surface area contributed by atoms with E-state index in [9.17, 15) is 4.79 Å². The van der Waals surface area contributed by atoms with Gasteiger partial charge < -0.3 is 9.32 Å². The average molecular weight is 291 g/mol. The Morgan fingerprint density at radius 2 is 2.20 bits per heavy atom. The first-order chi connectivity index (χ1) is 9.72. The predicted molar refractivity (Wildman–Crippen MR) is 75.7 cm³/mol. The number of benzene rings is 1. The number of carbonyl (C=O) groups is 1. The first-order valence-corrected chi connectivity index (χ1v) is 7.02. The molecule has 2 heterocycles. The highest BCUT2D eigenvalue weighted by Crippen LogP contribution is 2.23. The molecule has 1 atom stereocenters. The molecule has 4 nitrogen and oxygen atoms in total. The van der Waals surface area contributed by atoms with Gasteiger partial charge in [-0.05, 0) is 36.5 Å². The van der Waals surface area contributed by atoms with Gasteiger partial charge in [0.05, 0.1) is 6.20 Å². The quantitative estimate of drug-likeness (QED) is 0.873. The van der Waals surface area contributed by atoms with E-state index in [1.54, 1.807) is 0 Å². The van der Waals surface area contributed by atoms with Crippen LogP contribution in [0.1, 0.15) is 22.5 Å². The Morgan fingerprint density at radius 1 is 1.40 bits per heavy atom. The van der Waals surface area contributed by atoms with E-state index >= 15 is 0 Å². The second-order valence-corrected chi connectivity index (χ2v) is 5.54. The lowest BCUT2D eigenvalue weighted by atomic mass is 9.99. The molecule has 1 amide bonds. The standard InChI is InChI=1S/C15H15ClN2O2/c16-13-3-1-11(2-4-13)7-12-5-6-18(9-12)15(19)14-8-17-10-20-14/h1-4,8,10,12H,5-7,9H2. The molecule has 1 aliphatic rings. The first kappa shape index (κ1) is 13.2. The zero-order chi connectivity index (χ0) is 13.9. The van der Waals surface area contributed by atoms with E-state index in [2.05, 4.69) is 4.98 Å². The molecule has 5 heteroatoms. The van der Waals surface area contributed by atoms with E-state index in [-0.39, 0.29) is 5.91 Å². The average Bonchev–Trinajstić information content (AvgIpc) is 3.12. The summed E-state index contributed by atoms with van der Waals surface area (Å²) in [4.78, 5) is 17.7. The summed E-state index contributed by atoms with van der Waals surface area (Å²) in [6.07, 6.45) is 4.74. The summed E-state index contributed by atoms with van der Waals surface area (Å²) in [6.45, 7) is 1.54. The largest absolute Gasteiger partial charge is 0.438 e. The van der Waals surface area contributed by atoms with Crippen molar-refractivity contribution in [3.63, 3.8) is 0 Å². The first-order valence-electron chi connectivity index (χ1n) is 6.64. The van der Waals surface area contributed by atoms with Crippen LogP contribution < -0.4 is 0 Å². The van der Waals surface area contributed by atoms with Crippen molar-refractivity contribution in [1.82, 2.24) is 9.88 Å². The maximum Gasteiger partial charge on any atom is 0.291 e. The summed E-state index contributed by atoms with van der Waals surface area (Å²) in [6, 6.07) is 7.90. The molecule has 1 saturated heterocycles. The molecule has 20 heavy (non-hydrogen) atoms. The van der Waals surface area contributed by atoms with Gasteiger partial charge in [-0.1, -0.05) is 23.7 Å². The summed E-state index contributed by atoms with van der Waals surface area (Å²) in [5.74, 6) is 0.737. The number of hydrogen-bond acceptors (Lipinski definition) is 3. The minimum absolute atomic E-state index is 0.0684. The van der Waals surface area contributed by atoms with E-state index in [0.29, 0.717) is 11.7 Å². The van der Waals surface area contributed by atoms with Crippen LogP contribution in [0.4, 0.5) is 0 Å². The Hall–Kier alpha value is -1.81. The molecule has 0 spiro atoms. The fraction of sp³-hybridized carbons (Fsp3) is 0.333. The highest BCUT2D eigenvalue weighted by molar-refractivity contribution is 6.30. The Bertz CT molecular complexity index is 580. The van der Waals surface area contributed by atoms with Crippen LogP contribution in [0.15, 0.2) is 41.3 Å². The number of carbonyl (C=O) groups excluding carboxylic acids is 1. The van der Waals surface area contributed by atoms with Gasteiger partial charge in [-0.15, -0.1) is 0 Å². The van der Waals surface area contributed by atoms with Crippen LogP contribution >= 0.6 is 11.6 Å². The molecular formula is C15H15ClN2O2. The molecule has 1 aromatic carbocycles. The fourth-order valence-corrected chi connectivity index (χ4v) is 2.74. The molecule has 0 radical (unpaired) electrons. The Labute approximate surface area is 122 Å². The molecule has 3 rings (SSSR count). The van der Waals surface area contributed by atoms with Crippen molar-refractivity contribution in [1.29, 1.82) is 0 Å². The number of hydrogen-bond donors (Lipinski definition) is 0. The molecule has 0 saturated carbocycles. The van der Waals surface area contributed by atoms with Crippen molar-refractivity contribution in [2.75, 3.05) is 13.1 Å². The molecule has 0 N–H and O–H groups in total. The third-order valence-corrected chi connectivity index (χ3v) is 3.91. The predicted octanol–water partition coefficient (Wildman–Crippen LogP) is 3.03. The highest BCUT2D eigenvalue weighted by atomic mass is 35.5. The van der Waals surface area contributed by atoms with Crippen LogP contribution in [-0.4, -0.2) is 28.9 Å². The number of rotatable bonds is 3. The fourth-order valence-electron chi connectivity index (χ4n) is 2.61. The van der Waals surface area contributed by atoms with Gasteiger partial charge in [0.2, 0.25) is 5.76 Å². The van der Waals surface area contributed by atoms with Crippen LogP contribution in [0.2, 0.25) is 5.02 Å². The molecule has 104 valence electrons. The third kappa shape index (κ3) is 2.85. The number of halogens is 1. The van der Waals surface area contributed by atoms with E-state index in [1.165, 1.54) is 18.2 Å². The molecule has 0 aliphatic carbocycles. The molecule has 1 aromatic heterocycles. The minimum atomic E-state index is -0.0684. The minimum Gasteiger partial charge on any atom is -0.438 e. The van der Waals surface area contributed by atoms with Gasteiger partial charge >= 0.3 is 0 Å². The Balaban J connectivity index is 1.59. The topological polar surface area (TPSA) is 46.3 Å². The lowest BCUT2D eigenvalue weighted by Gasteiger charge is -2.14. The van der Waals surface area contributed by atoms with Crippen molar-refractivity contribution in [2.45, 2.75) is 12.8 Å². The summed E-state index contributed by atoms with van der Waals surface area (Å²) < 4.78 is 5.06. The molecule has 2 aromatic rings. The van der Waals surface area contributed by atoms with Gasteiger partial charge in [0.1, 0.15) is 0 Å². The van der Waals surface area contributed by atoms with Crippen LogP contribution in [0.3, 0.4) is 0 Å².